The summed E-state index contributed by atoms with van der Waals surface area (Å²) in [6.07, 6.45) is -4.61. The number of rotatable bonds is 3. The number of halogens is 3. The van der Waals surface area contributed by atoms with Gasteiger partial charge in [0.05, 0.1) is 6.42 Å². The maximum Gasteiger partial charge on any atom is 0.392 e. The first-order chi connectivity index (χ1) is 6.47. The summed E-state index contributed by atoms with van der Waals surface area (Å²) in [4.78, 5) is 3.76. The van der Waals surface area contributed by atoms with Crippen LogP contribution < -0.4 is 4.74 Å². The third kappa shape index (κ3) is 4.11. The Balaban J connectivity index is 2.46. The predicted molar refractivity (Wildman–Crippen MR) is 45.0 cm³/mol. The van der Waals surface area contributed by atoms with Crippen LogP contribution in [-0.4, -0.2) is 17.3 Å². The van der Waals surface area contributed by atoms with Crippen LogP contribution in [0, 0.1) is 0 Å². The normalized spacial score (nSPS) is 13.7. The first-order valence-electron chi connectivity index (χ1n) is 4.12. The van der Waals surface area contributed by atoms with Crippen molar-refractivity contribution in [3.05, 3.63) is 24.4 Å². The zero-order chi connectivity index (χ0) is 10.6. The molecule has 0 saturated heterocycles. The molecule has 1 aromatic heterocycles. The Morgan fingerprint density at radius 3 is 2.64 bits per heavy atom. The van der Waals surface area contributed by atoms with Crippen molar-refractivity contribution in [2.45, 2.75) is 25.6 Å². The van der Waals surface area contributed by atoms with E-state index >= 15 is 0 Å². The monoisotopic (exact) mass is 205 g/mol. The van der Waals surface area contributed by atoms with Gasteiger partial charge in [-0.15, -0.1) is 0 Å². The average molecular weight is 205 g/mol. The third-order valence-electron chi connectivity index (χ3n) is 1.48. The van der Waals surface area contributed by atoms with Gasteiger partial charge in [0.25, 0.3) is 0 Å². The second kappa shape index (κ2) is 4.30. The lowest BCUT2D eigenvalue weighted by Gasteiger charge is -2.15. The predicted octanol–water partition coefficient (Wildman–Crippen LogP) is 2.80. The topological polar surface area (TPSA) is 22.1 Å². The van der Waals surface area contributed by atoms with Gasteiger partial charge >= 0.3 is 6.18 Å². The lowest BCUT2D eigenvalue weighted by atomic mass is 10.3. The summed E-state index contributed by atoms with van der Waals surface area (Å²) in [6, 6.07) is 4.84. The van der Waals surface area contributed by atoms with E-state index in [4.69, 9.17) is 4.74 Å². The highest BCUT2D eigenvalue weighted by atomic mass is 19.4. The van der Waals surface area contributed by atoms with Crippen LogP contribution in [0.3, 0.4) is 0 Å². The number of alkyl halides is 3. The minimum absolute atomic E-state index is 0.212. The summed E-state index contributed by atoms with van der Waals surface area (Å²) in [5, 5.41) is 0. The second-order valence-corrected chi connectivity index (χ2v) is 2.92. The molecule has 0 saturated carbocycles. The molecule has 0 aliphatic heterocycles. The van der Waals surface area contributed by atoms with Crippen molar-refractivity contribution in [1.82, 2.24) is 4.98 Å². The van der Waals surface area contributed by atoms with Gasteiger partial charge < -0.3 is 4.74 Å². The molecular weight excluding hydrogens is 195 g/mol. The number of nitrogens with zero attached hydrogens (tertiary/aromatic N) is 1. The first-order valence-corrected chi connectivity index (χ1v) is 4.12. The smallest absolute Gasteiger partial charge is 0.392 e. The lowest BCUT2D eigenvalue weighted by Crippen LogP contribution is -2.22. The van der Waals surface area contributed by atoms with E-state index in [1.807, 2.05) is 0 Å². The molecule has 0 aromatic carbocycles. The summed E-state index contributed by atoms with van der Waals surface area (Å²) in [5.41, 5.74) is 0. The highest BCUT2D eigenvalue weighted by Gasteiger charge is 2.31. The molecule has 0 aliphatic carbocycles. The summed E-state index contributed by atoms with van der Waals surface area (Å²) < 4.78 is 40.7. The molecule has 5 heteroatoms. The van der Waals surface area contributed by atoms with Crippen molar-refractivity contribution in [3.63, 3.8) is 0 Å². The van der Waals surface area contributed by atoms with E-state index in [0.29, 0.717) is 0 Å². The Bertz CT molecular complexity index is 273. The summed E-state index contributed by atoms with van der Waals surface area (Å²) in [7, 11) is 0. The Morgan fingerprint density at radius 1 is 1.43 bits per heavy atom. The van der Waals surface area contributed by atoms with Gasteiger partial charge in [-0.3, -0.25) is 0 Å². The van der Waals surface area contributed by atoms with E-state index in [1.165, 1.54) is 19.2 Å². The maximum atomic E-state index is 11.9. The van der Waals surface area contributed by atoms with E-state index in [2.05, 4.69) is 4.98 Å². The largest absolute Gasteiger partial charge is 0.474 e. The fraction of sp³-hybridized carbons (Fsp3) is 0.444. The van der Waals surface area contributed by atoms with Crippen LogP contribution in [0.4, 0.5) is 13.2 Å². The minimum atomic E-state index is -4.20. The quantitative estimate of drug-likeness (QED) is 0.756. The molecule has 0 aliphatic rings. The highest BCUT2D eigenvalue weighted by molar-refractivity contribution is 5.09. The van der Waals surface area contributed by atoms with E-state index in [9.17, 15) is 13.2 Å². The van der Waals surface area contributed by atoms with E-state index in [-0.39, 0.29) is 5.88 Å². The number of ether oxygens (including phenoxy) is 1. The molecule has 2 nitrogen and oxygen atoms in total. The van der Waals surface area contributed by atoms with Gasteiger partial charge in [0.2, 0.25) is 5.88 Å². The van der Waals surface area contributed by atoms with Crippen molar-refractivity contribution in [1.29, 1.82) is 0 Å². The molecule has 0 N–H and O–H groups in total. The fourth-order valence-corrected chi connectivity index (χ4v) is 0.991. The Kier molecular flexibility index (Phi) is 3.33. The van der Waals surface area contributed by atoms with Gasteiger partial charge in [-0.1, -0.05) is 6.07 Å². The minimum Gasteiger partial charge on any atom is -0.474 e. The molecule has 0 radical (unpaired) electrons. The van der Waals surface area contributed by atoms with Crippen molar-refractivity contribution < 1.29 is 17.9 Å². The van der Waals surface area contributed by atoms with Crippen LogP contribution in [0.15, 0.2) is 24.4 Å². The van der Waals surface area contributed by atoms with E-state index in [0.717, 1.165) is 0 Å². The maximum absolute atomic E-state index is 11.9. The SMILES string of the molecule is CC(CC(F)(F)F)Oc1ccccn1. The van der Waals surface area contributed by atoms with Crippen LogP contribution in [0.5, 0.6) is 5.88 Å². The van der Waals surface area contributed by atoms with E-state index in [1.54, 1.807) is 12.1 Å². The molecular formula is C9H10F3NO. The second-order valence-electron chi connectivity index (χ2n) is 2.92. The van der Waals surface area contributed by atoms with Crippen molar-refractivity contribution in [2.24, 2.45) is 0 Å². The number of hydrogen-bond acceptors (Lipinski definition) is 2. The molecule has 1 atom stereocenters. The van der Waals surface area contributed by atoms with Gasteiger partial charge in [0, 0.05) is 12.3 Å². The number of hydrogen-bond donors (Lipinski definition) is 0. The van der Waals surface area contributed by atoms with Crippen LogP contribution in [0.25, 0.3) is 0 Å². The standard InChI is InChI=1S/C9H10F3NO/c1-7(6-9(10,11)12)14-8-4-2-3-5-13-8/h2-5,7H,6H2,1H3. The molecule has 1 unspecified atom stereocenters. The van der Waals surface area contributed by atoms with E-state index < -0.39 is 18.7 Å². The molecule has 0 fully saturated rings. The van der Waals surface area contributed by atoms with Crippen LogP contribution in [0.1, 0.15) is 13.3 Å². The fourth-order valence-electron chi connectivity index (χ4n) is 0.991. The lowest BCUT2D eigenvalue weighted by molar-refractivity contribution is -0.149. The third-order valence-corrected chi connectivity index (χ3v) is 1.48. The molecule has 0 bridgehead atoms. The van der Waals surface area contributed by atoms with Crippen LogP contribution in [-0.2, 0) is 0 Å². The molecule has 0 amide bonds. The van der Waals surface area contributed by atoms with Crippen LogP contribution in [0.2, 0.25) is 0 Å². The zero-order valence-corrected chi connectivity index (χ0v) is 7.58. The molecule has 14 heavy (non-hydrogen) atoms. The molecule has 78 valence electrons. The first kappa shape index (κ1) is 10.8. The number of aromatic nitrogens is 1. The molecule has 1 heterocycles. The molecule has 0 spiro atoms. The van der Waals surface area contributed by atoms with Crippen LogP contribution >= 0.6 is 0 Å². The summed E-state index contributed by atoms with van der Waals surface area (Å²) in [5.74, 6) is 0.212. The Hall–Kier alpha value is -1.26. The van der Waals surface area contributed by atoms with Crippen molar-refractivity contribution in [2.75, 3.05) is 0 Å². The van der Waals surface area contributed by atoms with Gasteiger partial charge in [-0.25, -0.2) is 4.98 Å². The van der Waals surface area contributed by atoms with Crippen molar-refractivity contribution >= 4 is 0 Å². The Morgan fingerprint density at radius 2 is 2.14 bits per heavy atom. The number of pyridine rings is 1. The van der Waals surface area contributed by atoms with Gasteiger partial charge in [0.15, 0.2) is 0 Å². The highest BCUT2D eigenvalue weighted by Crippen LogP contribution is 2.23. The van der Waals surface area contributed by atoms with Crippen molar-refractivity contribution in [3.8, 4) is 5.88 Å². The molecule has 1 aromatic rings. The summed E-state index contributed by atoms with van der Waals surface area (Å²) >= 11 is 0. The zero-order valence-electron chi connectivity index (χ0n) is 7.58. The molecule has 1 rings (SSSR count). The summed E-state index contributed by atoms with van der Waals surface area (Å²) in [6.45, 7) is 1.36. The van der Waals surface area contributed by atoms with Gasteiger partial charge in [-0.2, -0.15) is 13.2 Å². The average Bonchev–Trinajstić information content (AvgIpc) is 2.02. The van der Waals surface area contributed by atoms with Gasteiger partial charge in [0.1, 0.15) is 6.10 Å². The van der Waals surface area contributed by atoms with Gasteiger partial charge in [-0.05, 0) is 13.0 Å². The Labute approximate surface area is 79.7 Å².